The predicted octanol–water partition coefficient (Wildman–Crippen LogP) is 15.5. The summed E-state index contributed by atoms with van der Waals surface area (Å²) in [6, 6.07) is 20.9. The normalized spacial score (nSPS) is 17.4. The van der Waals surface area contributed by atoms with Crippen molar-refractivity contribution in [1.29, 1.82) is 0 Å². The first-order valence-corrected chi connectivity index (χ1v) is 20.5. The number of fused-ring (bicyclic) bond motifs is 1. The monoisotopic (exact) mass is 834 g/mol. The summed E-state index contributed by atoms with van der Waals surface area (Å²) in [5, 5.41) is 12.6. The lowest BCUT2D eigenvalue weighted by atomic mass is 9.79. The maximum absolute atomic E-state index is 12.6. The number of phenolic OH excluding ortho intramolecular Hbond substituents is 1. The molecule has 8 rings (SSSR count). The van der Waals surface area contributed by atoms with E-state index in [1.54, 1.807) is 71.3 Å². The molecule has 0 aliphatic carbocycles. The highest BCUT2D eigenvalue weighted by atomic mass is 16.3. The fourth-order valence-corrected chi connectivity index (χ4v) is 7.62. The first-order chi connectivity index (χ1) is 36.6. The maximum atomic E-state index is 12.6. The van der Waals surface area contributed by atoms with Crippen LogP contribution < -0.4 is 0 Å². The van der Waals surface area contributed by atoms with Gasteiger partial charge in [-0.3, -0.25) is 9.55 Å². The summed E-state index contributed by atoms with van der Waals surface area (Å²) in [6.07, 6.45) is -4.02. The van der Waals surface area contributed by atoms with Crippen LogP contribution >= 0.6 is 0 Å². The van der Waals surface area contributed by atoms with Crippen molar-refractivity contribution in [2.75, 3.05) is 0 Å². The number of aromatic nitrogens is 3. The minimum atomic E-state index is -3.39. The van der Waals surface area contributed by atoms with Gasteiger partial charge in [0.15, 0.2) is 0 Å². The summed E-state index contributed by atoms with van der Waals surface area (Å²) in [6.45, 7) is 8.68. The fraction of sp³-hybridized carbons (Fsp3) is 0.276. The van der Waals surface area contributed by atoms with Gasteiger partial charge < -0.3 is 5.11 Å². The van der Waals surface area contributed by atoms with Crippen LogP contribution in [0.15, 0.2) is 133 Å². The van der Waals surface area contributed by atoms with Crippen LogP contribution in [0.1, 0.15) is 127 Å². The Morgan fingerprint density at radius 2 is 1.37 bits per heavy atom. The molecule has 0 aliphatic rings. The van der Waals surface area contributed by atoms with E-state index in [4.69, 9.17) is 28.3 Å². The number of imidazole rings is 1. The number of hydrogen-bond donors (Lipinski definition) is 1. The lowest BCUT2D eigenvalue weighted by molar-refractivity contribution is 0.446. The number of phenols is 1. The predicted molar refractivity (Wildman–Crippen MR) is 263 cm³/mol. The quantitative estimate of drug-likeness (QED) is 0.174. The van der Waals surface area contributed by atoms with E-state index in [2.05, 4.69) is 4.98 Å². The zero-order valence-electron chi connectivity index (χ0n) is 54.4. The fourth-order valence-electron chi connectivity index (χ4n) is 7.62. The Labute approximate surface area is 394 Å². The molecule has 1 N–H and O–H groups in total. The first kappa shape index (κ1) is 25.6. The number of para-hydroxylation sites is 1. The smallest absolute Gasteiger partial charge is 0.149 e. The van der Waals surface area contributed by atoms with Crippen molar-refractivity contribution in [3.05, 3.63) is 167 Å². The van der Waals surface area contributed by atoms with Crippen LogP contribution in [-0.4, -0.2) is 19.6 Å². The number of nitrogens with zero attached hydrogens (tertiary/aromatic N) is 3. The molecule has 0 saturated carbocycles. The summed E-state index contributed by atoms with van der Waals surface area (Å²) < 4.78 is 157. The molecule has 0 amide bonds. The SMILES string of the molecule is [2H]c1nc(-c2cc(-c3cccc4c3nc(-c3cc(C(C)(C)C)cc(C(C)(C)C)c3O)n4-c3cc(-c4ccccc4)c(C([2H])([2H])[2H])c(C([2H])([2H])[2H])c3)cc(C(C)(C)C)c2)c([2H])c(-c2c([2H])c([2H])c(C([2H])([2H])C([2H])([2H])[2H])c([2H])c2[2H])c1[2H]. The van der Waals surface area contributed by atoms with Crippen molar-refractivity contribution in [1.82, 2.24) is 14.5 Å². The van der Waals surface area contributed by atoms with Gasteiger partial charge in [-0.25, -0.2) is 4.98 Å². The highest BCUT2D eigenvalue weighted by Gasteiger charge is 2.29. The molecule has 0 aliphatic heterocycles. The van der Waals surface area contributed by atoms with Gasteiger partial charge >= 0.3 is 0 Å². The number of aryl methyl sites for hydroxylation is 1. The highest BCUT2D eigenvalue weighted by Crippen LogP contribution is 2.45. The Kier molecular flexibility index (Phi) is 6.57. The third kappa shape index (κ3) is 8.11. The third-order valence-corrected chi connectivity index (χ3v) is 11.2. The van der Waals surface area contributed by atoms with Crippen LogP contribution in [0.4, 0.5) is 0 Å². The summed E-state index contributed by atoms with van der Waals surface area (Å²) in [5.41, 5.74) is 0.469. The largest absolute Gasteiger partial charge is 0.507 e. The summed E-state index contributed by atoms with van der Waals surface area (Å²) in [5.74, 6) is 0.105. The van der Waals surface area contributed by atoms with Gasteiger partial charge in [-0.05, 0) is 140 Å². The molecule has 6 aromatic carbocycles. The molecule has 4 nitrogen and oxygen atoms in total. The molecule has 0 spiro atoms. The molecule has 0 fully saturated rings. The zero-order valence-corrected chi connectivity index (χ0v) is 36.4. The van der Waals surface area contributed by atoms with Crippen LogP contribution in [0.25, 0.3) is 72.7 Å². The number of pyridine rings is 1. The molecule has 4 heteroatoms. The minimum Gasteiger partial charge on any atom is -0.507 e. The Morgan fingerprint density at radius 3 is 2.05 bits per heavy atom. The van der Waals surface area contributed by atoms with E-state index < -0.39 is 108 Å². The lowest BCUT2D eigenvalue weighted by Crippen LogP contribution is -2.17. The molecule has 0 bridgehead atoms. The van der Waals surface area contributed by atoms with Gasteiger partial charge in [0.25, 0.3) is 0 Å². The van der Waals surface area contributed by atoms with Gasteiger partial charge in [-0.2, -0.15) is 0 Å². The van der Waals surface area contributed by atoms with Crippen LogP contribution in [0.3, 0.4) is 0 Å². The van der Waals surface area contributed by atoms with Crippen molar-refractivity contribution in [3.63, 3.8) is 0 Å². The topological polar surface area (TPSA) is 50.9 Å². The van der Waals surface area contributed by atoms with Crippen molar-refractivity contribution in [3.8, 4) is 67.5 Å². The molecule has 0 unspecified atom stereocenters. The average molecular weight is 834 g/mol. The second-order valence-electron chi connectivity index (χ2n) is 18.8. The van der Waals surface area contributed by atoms with E-state index in [9.17, 15) is 6.48 Å². The van der Waals surface area contributed by atoms with Gasteiger partial charge in [0.1, 0.15) is 11.6 Å². The van der Waals surface area contributed by atoms with Crippen molar-refractivity contribution in [2.45, 2.75) is 105 Å². The molecule has 2 heterocycles. The summed E-state index contributed by atoms with van der Waals surface area (Å²) >= 11 is 0. The van der Waals surface area contributed by atoms with Crippen LogP contribution in [0.5, 0.6) is 5.75 Å². The van der Waals surface area contributed by atoms with E-state index in [-0.39, 0.29) is 39.6 Å². The van der Waals surface area contributed by atoms with E-state index in [1.165, 1.54) is 6.07 Å². The third-order valence-electron chi connectivity index (χ3n) is 11.2. The molecule has 0 atom stereocenters. The van der Waals surface area contributed by atoms with Crippen LogP contribution in [0, 0.1) is 13.7 Å². The Hall–Kier alpha value is -6.26. The molecular formula is C58H61N3O. The van der Waals surface area contributed by atoms with E-state index in [0.29, 0.717) is 44.4 Å². The average Bonchev–Trinajstić information content (AvgIpc) is 3.92. The molecule has 314 valence electrons. The van der Waals surface area contributed by atoms with E-state index in [0.717, 1.165) is 5.56 Å². The Morgan fingerprint density at radius 1 is 0.645 bits per heavy atom. The number of aromatic hydroxyl groups is 1. The Bertz CT molecular complexity index is 3770. The van der Waals surface area contributed by atoms with Crippen molar-refractivity contribution in [2.24, 2.45) is 0 Å². The molecule has 0 radical (unpaired) electrons. The molecule has 8 aromatic rings. The van der Waals surface area contributed by atoms with Gasteiger partial charge in [0.05, 0.1) is 31.9 Å². The molecule has 2 aromatic heterocycles. The first-order valence-electron chi connectivity index (χ1n) is 29.5. The van der Waals surface area contributed by atoms with Crippen molar-refractivity contribution >= 4 is 11.0 Å². The second-order valence-corrected chi connectivity index (χ2v) is 18.8. The minimum absolute atomic E-state index is 0.0830. The Balaban J connectivity index is 1.50. The second kappa shape index (κ2) is 15.9. The zero-order chi connectivity index (χ0) is 59.7. The number of benzene rings is 6. The molecule has 62 heavy (non-hydrogen) atoms. The maximum Gasteiger partial charge on any atom is 0.149 e. The van der Waals surface area contributed by atoms with Crippen molar-refractivity contribution < 1.29 is 29.8 Å². The summed E-state index contributed by atoms with van der Waals surface area (Å²) in [7, 11) is 0. The number of rotatable bonds is 7. The van der Waals surface area contributed by atoms with E-state index in [1.807, 2.05) is 80.5 Å². The van der Waals surface area contributed by atoms with Gasteiger partial charge in [0, 0.05) is 43.6 Å². The van der Waals surface area contributed by atoms with Crippen LogP contribution in [0.2, 0.25) is 0 Å². The van der Waals surface area contributed by atoms with Gasteiger partial charge in [0.2, 0.25) is 0 Å². The van der Waals surface area contributed by atoms with Crippen LogP contribution in [-0.2, 0) is 22.6 Å². The highest BCUT2D eigenvalue weighted by molar-refractivity contribution is 5.97. The van der Waals surface area contributed by atoms with E-state index >= 15 is 0 Å². The van der Waals surface area contributed by atoms with Gasteiger partial charge in [-0.1, -0.05) is 148 Å². The molecule has 0 saturated heterocycles. The lowest BCUT2D eigenvalue weighted by Gasteiger charge is -2.27. The standard InChI is InChI=1S/C58H61N3O/c1-13-38-22-24-39(25-23-38)41-26-27-59-51(32-41)43-29-42(30-44(31-43)56(4,5)6)47-20-17-21-52-53(47)60-55(49-33-45(57(7,8)9)34-50(54(49)62)58(10,11)12)61(52)46-28-36(2)37(3)48(35-46)40-18-15-14-16-19-40/h14-35,62H,13H2,1-12H3/i1D3,2D3,3D3,13D2,22D,23D,24D,25D,26D,27D,32D. The van der Waals surface area contributed by atoms with Gasteiger partial charge in [-0.15, -0.1) is 0 Å². The molecular weight excluding hydrogens is 755 g/mol. The summed E-state index contributed by atoms with van der Waals surface area (Å²) in [4.78, 5) is 9.78. The number of hydrogen-bond acceptors (Lipinski definition) is 3.